The van der Waals surface area contributed by atoms with Gasteiger partial charge in [-0.05, 0) is 56.5 Å². The van der Waals surface area contributed by atoms with Crippen molar-refractivity contribution in [3.05, 3.63) is 84.5 Å². The predicted octanol–water partition coefficient (Wildman–Crippen LogP) is 4.75. The fourth-order valence-electron chi connectivity index (χ4n) is 7.66. The number of fused-ring (bicyclic) bond motifs is 5. The summed E-state index contributed by atoms with van der Waals surface area (Å²) >= 11 is 0. The average Bonchev–Trinajstić information content (AvgIpc) is 3.71. The molecule has 2 fully saturated rings. The summed E-state index contributed by atoms with van der Waals surface area (Å²) in [6.45, 7) is 3.73. The molecular formula is C39H42N6O6. The Kier molecular flexibility index (Phi) is 9.41. The lowest BCUT2D eigenvalue weighted by Gasteiger charge is -2.31. The second-order valence-electron chi connectivity index (χ2n) is 13.9. The Balaban J connectivity index is 1.26. The van der Waals surface area contributed by atoms with Crippen LogP contribution in [-0.2, 0) is 14.4 Å². The van der Waals surface area contributed by atoms with Crippen LogP contribution < -0.4 is 15.4 Å². The van der Waals surface area contributed by atoms with E-state index in [0.717, 1.165) is 40.9 Å². The molecule has 2 aliphatic heterocycles. The molecule has 0 radical (unpaired) electrons. The molecule has 7 rings (SSSR count). The first-order valence-electron chi connectivity index (χ1n) is 17.8. The summed E-state index contributed by atoms with van der Waals surface area (Å²) in [6, 6.07) is 13.6. The molecule has 1 unspecified atom stereocenters. The van der Waals surface area contributed by atoms with E-state index in [1.54, 1.807) is 6.92 Å². The number of benzene rings is 2. The van der Waals surface area contributed by atoms with Gasteiger partial charge in [0.1, 0.15) is 29.4 Å². The Morgan fingerprint density at radius 2 is 1.78 bits per heavy atom. The summed E-state index contributed by atoms with van der Waals surface area (Å²) in [5, 5.41) is 18.8. The van der Waals surface area contributed by atoms with Crippen LogP contribution in [0.2, 0.25) is 0 Å². The molecule has 3 amide bonds. The van der Waals surface area contributed by atoms with E-state index in [9.17, 15) is 24.3 Å². The highest BCUT2D eigenvalue weighted by molar-refractivity contribution is 6.07. The maximum absolute atomic E-state index is 14.7. The van der Waals surface area contributed by atoms with Crippen LogP contribution in [0.4, 0.5) is 0 Å². The molecule has 3 aliphatic rings. The summed E-state index contributed by atoms with van der Waals surface area (Å²) in [4.78, 5) is 69.8. The lowest BCUT2D eigenvalue weighted by Crippen LogP contribution is -2.57. The van der Waals surface area contributed by atoms with Gasteiger partial charge in [-0.15, -0.1) is 0 Å². The maximum atomic E-state index is 14.7. The molecule has 51 heavy (non-hydrogen) atoms. The summed E-state index contributed by atoms with van der Waals surface area (Å²) < 4.78 is 6.73. The molecule has 4 heterocycles. The molecular weight excluding hydrogens is 648 g/mol. The van der Waals surface area contributed by atoms with Gasteiger partial charge >= 0.3 is 5.97 Å². The number of aryl methyl sites for hydroxylation is 1. The first-order chi connectivity index (χ1) is 24.7. The van der Waals surface area contributed by atoms with Gasteiger partial charge in [0, 0.05) is 28.8 Å². The van der Waals surface area contributed by atoms with E-state index in [1.165, 1.54) is 17.3 Å². The van der Waals surface area contributed by atoms with Gasteiger partial charge in [-0.3, -0.25) is 19.4 Å². The molecule has 12 heteroatoms. The number of aliphatic carboxylic acids is 1. The third-order valence-corrected chi connectivity index (χ3v) is 10.5. The number of rotatable bonds is 6. The van der Waals surface area contributed by atoms with Crippen molar-refractivity contribution in [1.29, 1.82) is 0 Å². The number of amides is 3. The third-order valence-electron chi connectivity index (χ3n) is 10.5. The molecule has 2 aromatic carbocycles. The summed E-state index contributed by atoms with van der Waals surface area (Å²) in [6.07, 6.45) is 10.2. The van der Waals surface area contributed by atoms with E-state index in [2.05, 4.69) is 20.6 Å². The van der Waals surface area contributed by atoms with Crippen molar-refractivity contribution in [2.75, 3.05) is 6.54 Å². The highest BCUT2D eigenvalue weighted by Gasteiger charge is 2.62. The Morgan fingerprint density at radius 1 is 1.02 bits per heavy atom. The molecule has 4 aromatic rings. The number of nitrogens with one attached hydrogen (secondary N) is 2. The number of carbonyl (C=O) groups is 4. The van der Waals surface area contributed by atoms with Crippen LogP contribution in [0.1, 0.15) is 68.1 Å². The number of aromatic nitrogens is 3. The van der Waals surface area contributed by atoms with Gasteiger partial charge in [0.2, 0.25) is 17.7 Å². The van der Waals surface area contributed by atoms with Crippen LogP contribution in [-0.4, -0.2) is 78.9 Å². The van der Waals surface area contributed by atoms with Gasteiger partial charge in [-0.25, -0.2) is 14.8 Å². The quantitative estimate of drug-likeness (QED) is 0.191. The molecule has 1 aliphatic carbocycles. The Bertz CT molecular complexity index is 2020. The number of nitrogens with zero attached hydrogens (tertiary/aromatic N) is 4. The van der Waals surface area contributed by atoms with Crippen LogP contribution in [0.3, 0.4) is 0 Å². The molecule has 0 spiro atoms. The number of carboxylic acids is 1. The molecule has 3 N–H and O–H groups in total. The summed E-state index contributed by atoms with van der Waals surface area (Å²) in [5.41, 5.74) is 0.0290. The van der Waals surface area contributed by atoms with Crippen LogP contribution in [0, 0.1) is 18.8 Å². The lowest BCUT2D eigenvalue weighted by atomic mass is 9.93. The van der Waals surface area contributed by atoms with E-state index in [4.69, 9.17) is 9.72 Å². The second kappa shape index (κ2) is 14.1. The number of ether oxygens (including phenoxy) is 1. The topological polar surface area (TPSA) is 164 Å². The minimum absolute atomic E-state index is 0.0401. The van der Waals surface area contributed by atoms with Gasteiger partial charge in [-0.1, -0.05) is 68.3 Å². The van der Waals surface area contributed by atoms with Crippen LogP contribution in [0.15, 0.2) is 73.1 Å². The first-order valence-corrected chi connectivity index (χ1v) is 17.8. The number of hydrogen-bond donors (Lipinski definition) is 3. The minimum Gasteiger partial charge on any atom is -0.479 e. The van der Waals surface area contributed by atoms with Gasteiger partial charge in [0.15, 0.2) is 0 Å². The molecule has 264 valence electrons. The summed E-state index contributed by atoms with van der Waals surface area (Å²) in [7, 11) is 0. The number of allylic oxidation sites excluding steroid dienone is 1. The fraction of sp³-hybridized carbons (Fsp3) is 0.410. The van der Waals surface area contributed by atoms with Crippen LogP contribution in [0.25, 0.3) is 21.7 Å². The molecule has 1 saturated heterocycles. The van der Waals surface area contributed by atoms with Crippen molar-refractivity contribution >= 4 is 45.4 Å². The van der Waals surface area contributed by atoms with E-state index >= 15 is 0 Å². The Labute approximate surface area is 295 Å². The second-order valence-corrected chi connectivity index (χ2v) is 13.9. The molecule has 2 aromatic heterocycles. The van der Waals surface area contributed by atoms with Crippen molar-refractivity contribution in [3.8, 4) is 5.88 Å². The smallest absolute Gasteiger partial charge is 0.330 e. The zero-order chi connectivity index (χ0) is 35.7. The maximum Gasteiger partial charge on any atom is 0.330 e. The van der Waals surface area contributed by atoms with Crippen molar-refractivity contribution in [2.45, 2.75) is 82.5 Å². The van der Waals surface area contributed by atoms with E-state index in [0.29, 0.717) is 30.8 Å². The van der Waals surface area contributed by atoms with E-state index in [1.807, 2.05) is 67.6 Å². The number of hydrogen-bond acceptors (Lipinski definition) is 8. The van der Waals surface area contributed by atoms with E-state index < -0.39 is 53.3 Å². The minimum atomic E-state index is -1.45. The average molecular weight is 691 g/mol. The third kappa shape index (κ3) is 6.62. The van der Waals surface area contributed by atoms with E-state index in [-0.39, 0.29) is 24.6 Å². The van der Waals surface area contributed by atoms with Crippen molar-refractivity contribution in [3.63, 3.8) is 0 Å². The summed E-state index contributed by atoms with van der Waals surface area (Å²) in [5.74, 6) is -3.11. The highest BCUT2D eigenvalue weighted by atomic mass is 16.5. The zero-order valence-corrected chi connectivity index (χ0v) is 28.7. The molecule has 6 atom stereocenters. The zero-order valence-electron chi connectivity index (χ0n) is 28.7. The lowest BCUT2D eigenvalue weighted by molar-refractivity contribution is -0.146. The van der Waals surface area contributed by atoms with Crippen molar-refractivity contribution in [2.24, 2.45) is 11.8 Å². The van der Waals surface area contributed by atoms with Crippen LogP contribution in [0.5, 0.6) is 5.88 Å². The normalized spacial score (nSPS) is 26.8. The Morgan fingerprint density at radius 3 is 2.53 bits per heavy atom. The number of carboxylic acid groups (broad SMARTS) is 1. The fourth-order valence-corrected chi connectivity index (χ4v) is 7.66. The molecule has 12 nitrogen and oxygen atoms in total. The van der Waals surface area contributed by atoms with Gasteiger partial charge in [0.25, 0.3) is 5.91 Å². The predicted molar refractivity (Wildman–Crippen MR) is 190 cm³/mol. The Hall–Kier alpha value is -5.39. The van der Waals surface area contributed by atoms with Gasteiger partial charge in [-0.2, -0.15) is 0 Å². The SMILES string of the molecule is CCC1[C@@H](Oc2nc3ccccc3c3ccccc23)CN2C(=O)[C@@H](NC(=O)c3cnc(C)cn3)CCCCCC=C[C@@H]3C[C@@]3(C(=O)O)NC(=O)[C@H]12. The number of pyridine rings is 1. The molecule has 1 saturated carbocycles. The van der Waals surface area contributed by atoms with Crippen LogP contribution >= 0.6 is 0 Å². The van der Waals surface area contributed by atoms with Gasteiger partial charge < -0.3 is 25.4 Å². The highest BCUT2D eigenvalue weighted by Crippen LogP contribution is 2.46. The van der Waals surface area contributed by atoms with Crippen molar-refractivity contribution < 1.29 is 29.0 Å². The standard InChI is InChI=1S/C39H42N6O6/c1-3-25-32(51-36-28-16-10-9-14-26(28)27-15-11-12-17-29(27)43-36)22-45-33(25)35(47)44-39(38(49)50)19-24(39)13-7-5-4-6-8-18-30(37(45)48)42-34(46)31-21-40-23(2)20-41-31/h7,9-17,20-21,24-25,30,32-33H,3-6,8,18-19,22H2,1-2H3,(H,42,46)(H,44,47)(H,49,50)/t24-,25?,30+,32+,33+,39-/m1/s1. The molecule has 0 bridgehead atoms. The monoisotopic (exact) mass is 690 g/mol. The largest absolute Gasteiger partial charge is 0.479 e. The first kappa shape index (κ1) is 34.1. The number of carbonyl (C=O) groups excluding carboxylic acids is 3. The number of para-hydroxylation sites is 1. The van der Waals surface area contributed by atoms with Gasteiger partial charge in [0.05, 0.1) is 24.0 Å². The van der Waals surface area contributed by atoms with Crippen molar-refractivity contribution in [1.82, 2.24) is 30.5 Å².